The highest BCUT2D eigenvalue weighted by Crippen LogP contribution is 2.29. The van der Waals surface area contributed by atoms with Crippen molar-refractivity contribution in [3.05, 3.63) is 47.3 Å². The molecule has 1 aliphatic carbocycles. The number of nitrogens with zero attached hydrogens (tertiary/aromatic N) is 2. The third-order valence-electron chi connectivity index (χ3n) is 3.44. The van der Waals surface area contributed by atoms with Crippen molar-refractivity contribution in [1.29, 1.82) is 0 Å². The van der Waals surface area contributed by atoms with Crippen LogP contribution in [0.25, 0.3) is 5.69 Å². The maximum absolute atomic E-state index is 6.21. The van der Waals surface area contributed by atoms with Gasteiger partial charge in [-0.1, -0.05) is 12.1 Å². The van der Waals surface area contributed by atoms with Crippen LogP contribution in [0.2, 0.25) is 0 Å². The Balaban J connectivity index is 2.13. The summed E-state index contributed by atoms with van der Waals surface area (Å²) in [5.74, 6) is 0. The summed E-state index contributed by atoms with van der Waals surface area (Å²) in [6, 6.07) is 8.52. The average molecular weight is 227 g/mol. The molecule has 88 valence electrons. The van der Waals surface area contributed by atoms with E-state index in [0.29, 0.717) is 0 Å². The van der Waals surface area contributed by atoms with Crippen molar-refractivity contribution in [2.45, 2.75) is 32.2 Å². The van der Waals surface area contributed by atoms with Crippen molar-refractivity contribution < 1.29 is 0 Å². The zero-order chi connectivity index (χ0) is 11.8. The number of fused-ring (bicyclic) bond motifs is 1. The van der Waals surface area contributed by atoms with E-state index in [1.54, 1.807) is 0 Å². The molecule has 3 nitrogen and oxygen atoms in total. The van der Waals surface area contributed by atoms with Crippen molar-refractivity contribution in [2.24, 2.45) is 5.73 Å². The Labute approximate surface area is 101 Å². The highest BCUT2D eigenvalue weighted by atomic mass is 15.3. The first kappa shape index (κ1) is 10.5. The summed E-state index contributed by atoms with van der Waals surface area (Å²) in [5.41, 5.74) is 11.1. The van der Waals surface area contributed by atoms with E-state index in [-0.39, 0.29) is 6.04 Å². The molecular weight excluding hydrogens is 210 g/mol. The Morgan fingerprint density at radius 1 is 1.41 bits per heavy atom. The molecule has 0 aliphatic heterocycles. The van der Waals surface area contributed by atoms with Gasteiger partial charge in [0.05, 0.1) is 17.6 Å². The minimum Gasteiger partial charge on any atom is -0.323 e. The molecule has 3 heteroatoms. The fourth-order valence-corrected chi connectivity index (χ4v) is 2.59. The van der Waals surface area contributed by atoms with Crippen LogP contribution in [0.1, 0.15) is 35.7 Å². The average Bonchev–Trinajstić information content (AvgIpc) is 2.74. The van der Waals surface area contributed by atoms with Gasteiger partial charge >= 0.3 is 0 Å². The topological polar surface area (TPSA) is 43.8 Å². The number of aromatic nitrogens is 2. The number of aryl methyl sites for hydroxylation is 2. The van der Waals surface area contributed by atoms with E-state index in [0.717, 1.165) is 18.5 Å². The van der Waals surface area contributed by atoms with Crippen LogP contribution in [0.5, 0.6) is 0 Å². The molecule has 3 rings (SSSR count). The summed E-state index contributed by atoms with van der Waals surface area (Å²) in [6.45, 7) is 2.10. The van der Waals surface area contributed by atoms with Crippen LogP contribution in [0.3, 0.4) is 0 Å². The van der Waals surface area contributed by atoms with E-state index < -0.39 is 0 Å². The molecule has 1 aromatic heterocycles. The van der Waals surface area contributed by atoms with Gasteiger partial charge in [0.25, 0.3) is 0 Å². The largest absolute Gasteiger partial charge is 0.323 e. The number of nitrogens with two attached hydrogens (primary N) is 1. The lowest BCUT2D eigenvalue weighted by molar-refractivity contribution is 0.542. The molecule has 0 bridgehead atoms. The molecule has 0 spiro atoms. The van der Waals surface area contributed by atoms with Crippen molar-refractivity contribution in [3.63, 3.8) is 0 Å². The fraction of sp³-hybridized carbons (Fsp3) is 0.357. The van der Waals surface area contributed by atoms with Crippen LogP contribution in [-0.2, 0) is 6.42 Å². The Morgan fingerprint density at radius 3 is 3.12 bits per heavy atom. The van der Waals surface area contributed by atoms with Crippen LogP contribution in [0.4, 0.5) is 0 Å². The summed E-state index contributed by atoms with van der Waals surface area (Å²) >= 11 is 0. The molecule has 1 heterocycles. The number of benzene rings is 1. The van der Waals surface area contributed by atoms with Gasteiger partial charge in [-0.25, -0.2) is 4.68 Å². The second kappa shape index (κ2) is 4.00. The Kier molecular flexibility index (Phi) is 2.48. The van der Waals surface area contributed by atoms with Crippen LogP contribution < -0.4 is 5.73 Å². The summed E-state index contributed by atoms with van der Waals surface area (Å²) in [6.07, 6.45) is 5.31. The molecule has 2 N–H and O–H groups in total. The lowest BCUT2D eigenvalue weighted by Crippen LogP contribution is -2.20. The van der Waals surface area contributed by atoms with E-state index >= 15 is 0 Å². The molecule has 0 radical (unpaired) electrons. The van der Waals surface area contributed by atoms with Crippen LogP contribution in [-0.4, -0.2) is 9.78 Å². The fourth-order valence-electron chi connectivity index (χ4n) is 2.59. The van der Waals surface area contributed by atoms with Gasteiger partial charge in [0, 0.05) is 6.04 Å². The molecule has 0 amide bonds. The molecule has 0 fully saturated rings. The molecule has 1 atom stereocenters. The van der Waals surface area contributed by atoms with Gasteiger partial charge in [0.15, 0.2) is 0 Å². The van der Waals surface area contributed by atoms with Crippen molar-refractivity contribution >= 4 is 0 Å². The highest BCUT2D eigenvalue weighted by Gasteiger charge is 2.22. The SMILES string of the molecule is Cc1cccc(-n2ncc3c2C(N)CCC3)c1. The minimum absolute atomic E-state index is 0.127. The van der Waals surface area contributed by atoms with Gasteiger partial charge in [0.2, 0.25) is 0 Å². The van der Waals surface area contributed by atoms with Gasteiger partial charge in [-0.15, -0.1) is 0 Å². The van der Waals surface area contributed by atoms with Crippen LogP contribution >= 0.6 is 0 Å². The molecule has 0 saturated carbocycles. The Bertz CT molecular complexity index is 542. The van der Waals surface area contributed by atoms with Crippen molar-refractivity contribution in [1.82, 2.24) is 9.78 Å². The Morgan fingerprint density at radius 2 is 2.29 bits per heavy atom. The second-order valence-corrected chi connectivity index (χ2v) is 4.80. The first-order valence-corrected chi connectivity index (χ1v) is 6.15. The minimum atomic E-state index is 0.127. The second-order valence-electron chi connectivity index (χ2n) is 4.80. The zero-order valence-corrected chi connectivity index (χ0v) is 10.1. The van der Waals surface area contributed by atoms with Gasteiger partial charge in [-0.05, 0) is 49.4 Å². The first-order valence-electron chi connectivity index (χ1n) is 6.15. The number of hydrogen-bond acceptors (Lipinski definition) is 2. The van der Waals surface area contributed by atoms with E-state index in [9.17, 15) is 0 Å². The van der Waals surface area contributed by atoms with E-state index in [1.807, 2.05) is 10.9 Å². The van der Waals surface area contributed by atoms with Crippen molar-refractivity contribution in [2.75, 3.05) is 0 Å². The summed E-state index contributed by atoms with van der Waals surface area (Å²) in [4.78, 5) is 0. The lowest BCUT2D eigenvalue weighted by Gasteiger charge is -2.20. The highest BCUT2D eigenvalue weighted by molar-refractivity contribution is 5.39. The molecule has 1 aliphatic rings. The lowest BCUT2D eigenvalue weighted by atomic mass is 9.94. The third kappa shape index (κ3) is 1.76. The predicted molar refractivity (Wildman–Crippen MR) is 68.2 cm³/mol. The smallest absolute Gasteiger partial charge is 0.0652 e. The van der Waals surface area contributed by atoms with E-state index in [1.165, 1.54) is 23.2 Å². The first-order chi connectivity index (χ1) is 8.25. The van der Waals surface area contributed by atoms with Crippen LogP contribution in [0, 0.1) is 6.92 Å². The van der Waals surface area contributed by atoms with Crippen molar-refractivity contribution in [3.8, 4) is 5.69 Å². The molecular formula is C14H17N3. The summed E-state index contributed by atoms with van der Waals surface area (Å²) in [7, 11) is 0. The Hall–Kier alpha value is -1.61. The number of rotatable bonds is 1. The molecule has 1 unspecified atom stereocenters. The van der Waals surface area contributed by atoms with Crippen LogP contribution in [0.15, 0.2) is 30.5 Å². The quantitative estimate of drug-likeness (QED) is 0.813. The van der Waals surface area contributed by atoms with Gasteiger partial charge in [0.1, 0.15) is 0 Å². The third-order valence-corrected chi connectivity index (χ3v) is 3.44. The van der Waals surface area contributed by atoms with Gasteiger partial charge in [-0.3, -0.25) is 0 Å². The monoisotopic (exact) mass is 227 g/mol. The molecule has 17 heavy (non-hydrogen) atoms. The number of hydrogen-bond donors (Lipinski definition) is 1. The normalized spacial score (nSPS) is 19.1. The van der Waals surface area contributed by atoms with E-state index in [4.69, 9.17) is 5.73 Å². The maximum atomic E-state index is 6.21. The van der Waals surface area contributed by atoms with Gasteiger partial charge in [-0.2, -0.15) is 5.10 Å². The predicted octanol–water partition coefficient (Wildman–Crippen LogP) is 2.52. The summed E-state index contributed by atoms with van der Waals surface area (Å²) in [5, 5.41) is 4.50. The molecule has 2 aromatic rings. The summed E-state index contributed by atoms with van der Waals surface area (Å²) < 4.78 is 2.01. The standard InChI is InChI=1S/C14H17N3/c1-10-4-2-6-12(8-10)17-14-11(9-16-17)5-3-7-13(14)15/h2,4,6,8-9,13H,3,5,7,15H2,1H3. The molecule has 0 saturated heterocycles. The zero-order valence-electron chi connectivity index (χ0n) is 10.1. The maximum Gasteiger partial charge on any atom is 0.0652 e. The van der Waals surface area contributed by atoms with Gasteiger partial charge < -0.3 is 5.73 Å². The van der Waals surface area contributed by atoms with E-state index in [2.05, 4.69) is 36.3 Å². The molecule has 1 aromatic carbocycles.